The van der Waals surface area contributed by atoms with Crippen molar-refractivity contribution in [3.8, 4) is 38.7 Å². The number of nitriles is 1. The second-order valence-electron chi connectivity index (χ2n) is 6.18. The van der Waals surface area contributed by atoms with Gasteiger partial charge in [0.15, 0.2) is 11.6 Å². The van der Waals surface area contributed by atoms with Crippen LogP contribution in [0, 0.1) is 17.1 Å². The largest absolute Gasteiger partial charge is 0.492 e. The Morgan fingerprint density at radius 2 is 1.97 bits per heavy atom. The van der Waals surface area contributed by atoms with Crippen molar-refractivity contribution in [3.63, 3.8) is 0 Å². The Labute approximate surface area is 193 Å². The third-order valence-electron chi connectivity index (χ3n) is 4.01. The van der Waals surface area contributed by atoms with E-state index in [0.29, 0.717) is 39.1 Å². The molecular formula is C20H19Cl2FN4O3S. The Hall–Kier alpha value is -2.48. The molecule has 0 saturated heterocycles. The molecule has 0 radical (unpaired) electrons. The fraction of sp³-hybridized carbons (Fsp3) is 0.250. The first kappa shape index (κ1) is 24.8. The van der Waals surface area contributed by atoms with Crippen molar-refractivity contribution >= 4 is 35.3 Å². The van der Waals surface area contributed by atoms with Crippen LogP contribution in [0.5, 0.6) is 11.5 Å². The van der Waals surface area contributed by atoms with Gasteiger partial charge >= 0.3 is 0 Å². The van der Waals surface area contributed by atoms with Crippen LogP contribution in [0.2, 0.25) is 5.02 Å². The smallest absolute Gasteiger partial charge is 0.165 e. The van der Waals surface area contributed by atoms with E-state index in [-0.39, 0.29) is 36.4 Å². The number of nitrogens with zero attached hydrogens (tertiary/aromatic N) is 3. The number of hydrogen-bond donors (Lipinski definition) is 2. The summed E-state index contributed by atoms with van der Waals surface area (Å²) in [6, 6.07) is 9.17. The highest BCUT2D eigenvalue weighted by molar-refractivity contribution is 7.18. The van der Waals surface area contributed by atoms with Gasteiger partial charge in [0.25, 0.3) is 0 Å². The van der Waals surface area contributed by atoms with Crippen molar-refractivity contribution in [1.29, 1.82) is 5.26 Å². The van der Waals surface area contributed by atoms with Gasteiger partial charge in [-0.3, -0.25) is 0 Å². The zero-order valence-corrected chi connectivity index (χ0v) is 18.7. The third-order valence-corrected chi connectivity index (χ3v) is 5.33. The Morgan fingerprint density at radius 1 is 1.23 bits per heavy atom. The van der Waals surface area contributed by atoms with Crippen LogP contribution in [0.25, 0.3) is 21.1 Å². The summed E-state index contributed by atoms with van der Waals surface area (Å²) in [6.45, 7) is 1.96. The quantitative estimate of drug-likeness (QED) is 0.495. The van der Waals surface area contributed by atoms with E-state index in [1.165, 1.54) is 23.5 Å². The number of aliphatic hydroxyl groups is 1. The molecule has 0 fully saturated rings. The van der Waals surface area contributed by atoms with Gasteiger partial charge in [-0.25, -0.2) is 4.39 Å². The minimum Gasteiger partial charge on any atom is -0.492 e. The summed E-state index contributed by atoms with van der Waals surface area (Å²) in [5, 5.41) is 27.7. The lowest BCUT2D eigenvalue weighted by molar-refractivity contribution is 0.202. The summed E-state index contributed by atoms with van der Waals surface area (Å²) in [5.41, 5.74) is 7.00. The zero-order chi connectivity index (χ0) is 21.7. The molecule has 0 aliphatic rings. The molecule has 11 heteroatoms. The molecule has 0 aliphatic carbocycles. The van der Waals surface area contributed by atoms with E-state index in [1.54, 1.807) is 18.2 Å². The van der Waals surface area contributed by atoms with Gasteiger partial charge in [-0.15, -0.1) is 22.6 Å². The summed E-state index contributed by atoms with van der Waals surface area (Å²) in [7, 11) is 0. The fourth-order valence-electron chi connectivity index (χ4n) is 2.53. The Morgan fingerprint density at radius 3 is 2.65 bits per heavy atom. The first-order valence-corrected chi connectivity index (χ1v) is 10.2. The minimum atomic E-state index is -0.635. The molecule has 1 atom stereocenters. The minimum absolute atomic E-state index is 0. The maximum atomic E-state index is 14.4. The third kappa shape index (κ3) is 5.81. The van der Waals surface area contributed by atoms with E-state index < -0.39 is 11.9 Å². The highest BCUT2D eigenvalue weighted by Crippen LogP contribution is 2.37. The van der Waals surface area contributed by atoms with Crippen molar-refractivity contribution in [2.45, 2.75) is 13.0 Å². The molecule has 0 unspecified atom stereocenters. The number of rotatable bonds is 8. The molecule has 0 spiro atoms. The maximum Gasteiger partial charge on any atom is 0.165 e. The van der Waals surface area contributed by atoms with E-state index in [2.05, 4.69) is 16.3 Å². The molecule has 1 aromatic heterocycles. The van der Waals surface area contributed by atoms with Crippen LogP contribution in [-0.2, 0) is 0 Å². The monoisotopic (exact) mass is 484 g/mol. The predicted octanol–water partition coefficient (Wildman–Crippen LogP) is 4.06. The lowest BCUT2D eigenvalue weighted by atomic mass is 10.1. The van der Waals surface area contributed by atoms with Crippen molar-refractivity contribution in [2.75, 3.05) is 19.8 Å². The van der Waals surface area contributed by atoms with Crippen molar-refractivity contribution in [1.82, 2.24) is 10.2 Å². The van der Waals surface area contributed by atoms with Crippen LogP contribution >= 0.6 is 35.3 Å². The van der Waals surface area contributed by atoms with Gasteiger partial charge in [-0.1, -0.05) is 22.9 Å². The molecule has 2 aromatic carbocycles. The van der Waals surface area contributed by atoms with Crippen molar-refractivity contribution < 1.29 is 19.0 Å². The van der Waals surface area contributed by atoms with Crippen molar-refractivity contribution in [3.05, 3.63) is 46.7 Å². The van der Waals surface area contributed by atoms with Crippen molar-refractivity contribution in [2.24, 2.45) is 5.73 Å². The first-order chi connectivity index (χ1) is 14.5. The standard InChI is InChI=1S/C20H18ClFN4O3S.ClH/c1-2-28-17-4-3-11(5-12(17)8-23)19-25-26-20(30-19)14-6-16(22)18(7-15(14)21)29-10-13(24)9-27;/h3-7,13,27H,2,9-10,24H2,1H3;1H/t13-;/m1./s1. The summed E-state index contributed by atoms with van der Waals surface area (Å²) in [6.07, 6.45) is 0. The van der Waals surface area contributed by atoms with Crippen LogP contribution in [-0.4, -0.2) is 41.2 Å². The van der Waals surface area contributed by atoms with E-state index >= 15 is 0 Å². The normalized spacial score (nSPS) is 11.4. The van der Waals surface area contributed by atoms with E-state index in [4.69, 9.17) is 31.9 Å². The molecular weight excluding hydrogens is 466 g/mol. The number of hydrogen-bond acceptors (Lipinski definition) is 8. The number of ether oxygens (including phenoxy) is 2. The second-order valence-corrected chi connectivity index (χ2v) is 7.57. The molecule has 31 heavy (non-hydrogen) atoms. The Balaban J connectivity index is 0.00000341. The molecule has 0 amide bonds. The van der Waals surface area contributed by atoms with Crippen LogP contribution in [0.3, 0.4) is 0 Å². The maximum absolute atomic E-state index is 14.4. The van der Waals surface area contributed by atoms with E-state index in [1.807, 2.05) is 6.92 Å². The van der Waals surface area contributed by atoms with Gasteiger partial charge in [0.2, 0.25) is 0 Å². The molecule has 1 heterocycles. The molecule has 3 N–H and O–H groups in total. The summed E-state index contributed by atoms with van der Waals surface area (Å²) < 4.78 is 25.1. The highest BCUT2D eigenvalue weighted by atomic mass is 35.5. The SMILES string of the molecule is CCOc1ccc(-c2nnc(-c3cc(F)c(OC[C@H](N)CO)cc3Cl)s2)cc1C#N.Cl. The molecule has 0 aliphatic heterocycles. The summed E-state index contributed by atoms with van der Waals surface area (Å²) in [4.78, 5) is 0. The lowest BCUT2D eigenvalue weighted by Crippen LogP contribution is -2.31. The average Bonchev–Trinajstić information content (AvgIpc) is 3.24. The van der Waals surface area contributed by atoms with Crippen LogP contribution in [0.15, 0.2) is 30.3 Å². The fourth-order valence-corrected chi connectivity index (χ4v) is 3.70. The van der Waals surface area contributed by atoms with Gasteiger partial charge in [-0.2, -0.15) is 5.26 Å². The van der Waals surface area contributed by atoms with E-state index in [0.717, 1.165) is 0 Å². The number of halogens is 3. The highest BCUT2D eigenvalue weighted by Gasteiger charge is 2.17. The van der Waals surface area contributed by atoms with Crippen LogP contribution in [0.4, 0.5) is 4.39 Å². The number of aliphatic hydroxyl groups excluding tert-OH is 1. The lowest BCUT2D eigenvalue weighted by Gasteiger charge is -2.12. The number of nitrogens with two attached hydrogens (primary N) is 1. The summed E-state index contributed by atoms with van der Waals surface area (Å²) in [5.74, 6) is -0.207. The molecule has 0 bridgehead atoms. The van der Waals surface area contributed by atoms with Crippen LogP contribution in [0.1, 0.15) is 12.5 Å². The Bertz CT molecular complexity index is 1090. The summed E-state index contributed by atoms with van der Waals surface area (Å²) >= 11 is 7.51. The van der Waals surface area contributed by atoms with Crippen LogP contribution < -0.4 is 15.2 Å². The van der Waals surface area contributed by atoms with Gasteiger partial charge in [0.1, 0.15) is 28.4 Å². The number of aromatic nitrogens is 2. The second kappa shape index (κ2) is 11.2. The average molecular weight is 485 g/mol. The molecule has 3 aromatic rings. The van der Waals surface area contributed by atoms with Gasteiger partial charge in [-0.05, 0) is 31.2 Å². The topological polar surface area (TPSA) is 114 Å². The molecule has 7 nitrogen and oxygen atoms in total. The number of benzene rings is 2. The van der Waals surface area contributed by atoms with Gasteiger partial charge < -0.3 is 20.3 Å². The molecule has 164 valence electrons. The molecule has 0 saturated carbocycles. The molecule has 3 rings (SSSR count). The first-order valence-electron chi connectivity index (χ1n) is 8.96. The van der Waals surface area contributed by atoms with Gasteiger partial charge in [0.05, 0.1) is 29.8 Å². The van der Waals surface area contributed by atoms with Gasteiger partial charge in [0, 0.05) is 17.2 Å². The zero-order valence-electron chi connectivity index (χ0n) is 16.3. The Kier molecular flexibility index (Phi) is 8.98. The van der Waals surface area contributed by atoms with E-state index in [9.17, 15) is 9.65 Å². The predicted molar refractivity (Wildman–Crippen MR) is 119 cm³/mol.